The normalized spacial score (nSPS) is 20.7. The van der Waals surface area contributed by atoms with Crippen molar-refractivity contribution in [1.29, 1.82) is 0 Å². The first kappa shape index (κ1) is 16.9. The molecule has 0 heterocycles. The Balaban J connectivity index is 2.70. The van der Waals surface area contributed by atoms with Gasteiger partial charge in [0.1, 0.15) is 0 Å². The standard InChI is InChI=1S/C16H34N2O/c1-5-12-17-15(14-19-13-6-2)16(18(3)4)10-8-7-9-11-16/h15,17H,5-14H2,1-4H3. The van der Waals surface area contributed by atoms with Crippen LogP contribution in [0.5, 0.6) is 0 Å². The fraction of sp³-hybridized carbons (Fsp3) is 1.00. The molecule has 1 saturated carbocycles. The van der Waals surface area contributed by atoms with Crippen molar-refractivity contribution in [2.24, 2.45) is 0 Å². The van der Waals surface area contributed by atoms with E-state index in [1.54, 1.807) is 0 Å². The number of nitrogens with zero attached hydrogens (tertiary/aromatic N) is 1. The van der Waals surface area contributed by atoms with Gasteiger partial charge in [-0.2, -0.15) is 0 Å². The Bertz CT molecular complexity index is 225. The summed E-state index contributed by atoms with van der Waals surface area (Å²) >= 11 is 0. The summed E-state index contributed by atoms with van der Waals surface area (Å²) in [6, 6.07) is 0.467. The van der Waals surface area contributed by atoms with E-state index < -0.39 is 0 Å². The highest BCUT2D eigenvalue weighted by atomic mass is 16.5. The molecule has 1 aliphatic carbocycles. The second kappa shape index (κ2) is 8.93. The van der Waals surface area contributed by atoms with Crippen molar-refractivity contribution in [3.63, 3.8) is 0 Å². The molecule has 1 N–H and O–H groups in total. The maximum absolute atomic E-state index is 5.88. The Labute approximate surface area is 120 Å². The van der Waals surface area contributed by atoms with E-state index in [9.17, 15) is 0 Å². The summed E-state index contributed by atoms with van der Waals surface area (Å²) in [5, 5.41) is 3.75. The molecular weight excluding hydrogens is 236 g/mol. The molecule has 19 heavy (non-hydrogen) atoms. The number of hydrogen-bond donors (Lipinski definition) is 1. The zero-order valence-corrected chi connectivity index (χ0v) is 13.5. The number of nitrogens with one attached hydrogen (secondary N) is 1. The van der Waals surface area contributed by atoms with Crippen molar-refractivity contribution in [1.82, 2.24) is 10.2 Å². The second-order valence-electron chi connectivity index (χ2n) is 6.14. The lowest BCUT2D eigenvalue weighted by atomic mass is 9.75. The molecule has 0 aromatic carbocycles. The molecule has 1 aliphatic rings. The first-order chi connectivity index (χ1) is 9.17. The summed E-state index contributed by atoms with van der Waals surface area (Å²) in [6.45, 7) is 7.24. The predicted octanol–water partition coefficient (Wildman–Crippen LogP) is 3.05. The molecule has 0 bridgehead atoms. The van der Waals surface area contributed by atoms with Gasteiger partial charge in [0.25, 0.3) is 0 Å². The van der Waals surface area contributed by atoms with Crippen LogP contribution in [0, 0.1) is 0 Å². The van der Waals surface area contributed by atoms with E-state index in [4.69, 9.17) is 4.74 Å². The van der Waals surface area contributed by atoms with Crippen molar-refractivity contribution in [2.45, 2.75) is 70.4 Å². The number of ether oxygens (including phenoxy) is 1. The third-order valence-electron chi connectivity index (χ3n) is 4.53. The average Bonchev–Trinajstić information content (AvgIpc) is 2.43. The van der Waals surface area contributed by atoms with Crippen molar-refractivity contribution < 1.29 is 4.74 Å². The lowest BCUT2D eigenvalue weighted by Gasteiger charge is -2.48. The summed E-state index contributed by atoms with van der Waals surface area (Å²) in [6.07, 6.45) is 9.01. The van der Waals surface area contributed by atoms with Crippen LogP contribution in [0.1, 0.15) is 58.8 Å². The Kier molecular flexibility index (Phi) is 7.96. The smallest absolute Gasteiger partial charge is 0.0637 e. The second-order valence-corrected chi connectivity index (χ2v) is 6.14. The first-order valence-corrected chi connectivity index (χ1v) is 8.16. The highest BCUT2D eigenvalue weighted by molar-refractivity contribution is 5.00. The molecule has 0 radical (unpaired) electrons. The van der Waals surface area contributed by atoms with Gasteiger partial charge in [-0.15, -0.1) is 0 Å². The Morgan fingerprint density at radius 2 is 1.79 bits per heavy atom. The summed E-state index contributed by atoms with van der Waals surface area (Å²) in [5.74, 6) is 0. The zero-order chi connectivity index (χ0) is 14.1. The highest BCUT2D eigenvalue weighted by Gasteiger charge is 2.41. The lowest BCUT2D eigenvalue weighted by molar-refractivity contribution is 0.00753. The van der Waals surface area contributed by atoms with Crippen LogP contribution in [0.25, 0.3) is 0 Å². The van der Waals surface area contributed by atoms with Crippen LogP contribution in [0.3, 0.4) is 0 Å². The van der Waals surface area contributed by atoms with Crippen LogP contribution in [-0.2, 0) is 4.74 Å². The molecule has 0 aromatic heterocycles. The summed E-state index contributed by atoms with van der Waals surface area (Å²) < 4.78 is 5.88. The zero-order valence-electron chi connectivity index (χ0n) is 13.5. The van der Waals surface area contributed by atoms with Gasteiger partial charge in [-0.25, -0.2) is 0 Å². The molecule has 1 rings (SSSR count). The first-order valence-electron chi connectivity index (χ1n) is 8.16. The highest BCUT2D eigenvalue weighted by Crippen LogP contribution is 2.35. The largest absolute Gasteiger partial charge is 0.380 e. The minimum absolute atomic E-state index is 0.293. The van der Waals surface area contributed by atoms with Gasteiger partial charge in [0.2, 0.25) is 0 Å². The molecule has 3 nitrogen and oxygen atoms in total. The Hall–Kier alpha value is -0.120. The van der Waals surface area contributed by atoms with Gasteiger partial charge >= 0.3 is 0 Å². The van der Waals surface area contributed by atoms with E-state index in [1.807, 2.05) is 0 Å². The van der Waals surface area contributed by atoms with E-state index in [1.165, 1.54) is 38.5 Å². The van der Waals surface area contributed by atoms with Crippen LogP contribution in [0.15, 0.2) is 0 Å². The van der Waals surface area contributed by atoms with Gasteiger partial charge in [0.15, 0.2) is 0 Å². The third kappa shape index (κ3) is 4.73. The molecule has 1 atom stereocenters. The molecule has 0 aliphatic heterocycles. The SMILES string of the molecule is CCCNC(COCCC)C1(N(C)C)CCCCC1. The summed E-state index contributed by atoms with van der Waals surface area (Å²) in [7, 11) is 4.48. The number of likely N-dealkylation sites (N-methyl/N-ethyl adjacent to an activating group) is 1. The van der Waals surface area contributed by atoms with E-state index in [2.05, 4.69) is 38.2 Å². The summed E-state index contributed by atoms with van der Waals surface area (Å²) in [5.41, 5.74) is 0.293. The van der Waals surface area contributed by atoms with Gasteiger partial charge in [0, 0.05) is 18.2 Å². The molecule has 1 unspecified atom stereocenters. The van der Waals surface area contributed by atoms with Gasteiger partial charge in [0.05, 0.1) is 6.61 Å². The van der Waals surface area contributed by atoms with Crippen molar-refractivity contribution >= 4 is 0 Å². The average molecular weight is 270 g/mol. The molecule has 1 fully saturated rings. The maximum Gasteiger partial charge on any atom is 0.0637 e. The van der Waals surface area contributed by atoms with E-state index >= 15 is 0 Å². The minimum atomic E-state index is 0.293. The Morgan fingerprint density at radius 3 is 2.32 bits per heavy atom. The quantitative estimate of drug-likeness (QED) is 0.652. The van der Waals surface area contributed by atoms with Crippen molar-refractivity contribution in [3.05, 3.63) is 0 Å². The van der Waals surface area contributed by atoms with Crippen LogP contribution in [-0.4, -0.2) is 50.3 Å². The predicted molar refractivity (Wildman–Crippen MR) is 82.7 cm³/mol. The van der Waals surface area contributed by atoms with E-state index in [0.29, 0.717) is 11.6 Å². The van der Waals surface area contributed by atoms with E-state index in [0.717, 1.165) is 26.2 Å². The maximum atomic E-state index is 5.88. The van der Waals surface area contributed by atoms with E-state index in [-0.39, 0.29) is 0 Å². The Morgan fingerprint density at radius 1 is 1.11 bits per heavy atom. The van der Waals surface area contributed by atoms with Gasteiger partial charge in [-0.1, -0.05) is 33.1 Å². The molecule has 0 spiro atoms. The van der Waals surface area contributed by atoms with Crippen molar-refractivity contribution in [2.75, 3.05) is 33.9 Å². The topological polar surface area (TPSA) is 24.5 Å². The lowest BCUT2D eigenvalue weighted by Crippen LogP contribution is -2.61. The summed E-state index contributed by atoms with van der Waals surface area (Å²) in [4.78, 5) is 2.45. The molecule has 3 heteroatoms. The molecular formula is C16H34N2O. The van der Waals surface area contributed by atoms with Crippen molar-refractivity contribution in [3.8, 4) is 0 Å². The number of hydrogen-bond acceptors (Lipinski definition) is 3. The molecule has 0 saturated heterocycles. The monoisotopic (exact) mass is 270 g/mol. The van der Waals surface area contributed by atoms with Gasteiger partial charge in [-0.05, 0) is 46.3 Å². The van der Waals surface area contributed by atoms with Crippen LogP contribution < -0.4 is 5.32 Å². The van der Waals surface area contributed by atoms with Gasteiger partial charge in [-0.3, -0.25) is 0 Å². The van der Waals surface area contributed by atoms with Crippen LogP contribution >= 0.6 is 0 Å². The van der Waals surface area contributed by atoms with Crippen LogP contribution in [0.2, 0.25) is 0 Å². The number of rotatable bonds is 9. The molecule has 114 valence electrons. The molecule has 0 amide bonds. The molecule has 0 aromatic rings. The van der Waals surface area contributed by atoms with Crippen LogP contribution in [0.4, 0.5) is 0 Å². The minimum Gasteiger partial charge on any atom is -0.380 e. The fourth-order valence-corrected chi connectivity index (χ4v) is 3.34. The van der Waals surface area contributed by atoms with Gasteiger partial charge < -0.3 is 15.0 Å². The fourth-order valence-electron chi connectivity index (χ4n) is 3.34. The third-order valence-corrected chi connectivity index (χ3v) is 4.53.